The number of carbonyl (C=O) groups excluding carboxylic acids is 1. The second-order valence-electron chi connectivity index (χ2n) is 7.29. The zero-order valence-electron chi connectivity index (χ0n) is 16.1. The number of amides is 1. The van der Waals surface area contributed by atoms with Crippen LogP contribution in [0.5, 0.6) is 0 Å². The highest BCUT2D eigenvalue weighted by Gasteiger charge is 2.24. The largest absolute Gasteiger partial charge is 0.423 e. The highest BCUT2D eigenvalue weighted by molar-refractivity contribution is 6.01. The van der Waals surface area contributed by atoms with Gasteiger partial charge in [-0.1, -0.05) is 24.3 Å². The number of benzene rings is 2. The van der Waals surface area contributed by atoms with E-state index in [-0.39, 0.29) is 11.9 Å². The van der Waals surface area contributed by atoms with Crippen molar-refractivity contribution in [1.29, 1.82) is 0 Å². The molecule has 5 heteroatoms. The van der Waals surface area contributed by atoms with E-state index in [0.717, 1.165) is 41.5 Å². The van der Waals surface area contributed by atoms with E-state index < -0.39 is 5.63 Å². The predicted octanol–water partition coefficient (Wildman–Crippen LogP) is 4.02. The molecule has 0 saturated carbocycles. The van der Waals surface area contributed by atoms with Crippen LogP contribution in [0.15, 0.2) is 57.7 Å². The summed E-state index contributed by atoms with van der Waals surface area (Å²) in [4.78, 5) is 26.8. The fourth-order valence-electron chi connectivity index (χ4n) is 3.79. The Bertz CT molecular complexity index is 1080. The second-order valence-corrected chi connectivity index (χ2v) is 7.29. The van der Waals surface area contributed by atoms with Gasteiger partial charge in [0.1, 0.15) is 5.58 Å². The van der Waals surface area contributed by atoms with Crippen molar-refractivity contribution in [2.45, 2.75) is 25.8 Å². The second kappa shape index (κ2) is 7.60. The number of aryl methyl sites for hydroxylation is 1. The van der Waals surface area contributed by atoms with E-state index in [1.54, 1.807) is 24.1 Å². The number of carbonyl (C=O) groups is 1. The van der Waals surface area contributed by atoms with Crippen molar-refractivity contribution >= 4 is 16.9 Å². The van der Waals surface area contributed by atoms with E-state index in [1.165, 1.54) is 6.07 Å². The Kier molecular flexibility index (Phi) is 5.01. The van der Waals surface area contributed by atoms with E-state index >= 15 is 0 Å². The first-order valence-corrected chi connectivity index (χ1v) is 9.53. The lowest BCUT2D eigenvalue weighted by Crippen LogP contribution is -2.42. The molecular weight excluding hydrogens is 354 g/mol. The molecule has 0 aliphatic carbocycles. The molecule has 28 heavy (non-hydrogen) atoms. The highest BCUT2D eigenvalue weighted by Crippen LogP contribution is 2.30. The normalized spacial score (nSPS) is 16.9. The van der Waals surface area contributed by atoms with Crippen molar-refractivity contribution in [3.63, 3.8) is 0 Å². The van der Waals surface area contributed by atoms with E-state index in [0.29, 0.717) is 17.8 Å². The minimum atomic E-state index is -0.426. The fourth-order valence-corrected chi connectivity index (χ4v) is 3.79. The molecule has 0 spiro atoms. The van der Waals surface area contributed by atoms with Gasteiger partial charge in [-0.3, -0.25) is 4.79 Å². The van der Waals surface area contributed by atoms with Gasteiger partial charge in [-0.15, -0.1) is 0 Å². The lowest BCUT2D eigenvalue weighted by Gasteiger charge is -2.31. The lowest BCUT2D eigenvalue weighted by atomic mass is 9.97. The lowest BCUT2D eigenvalue weighted by molar-refractivity contribution is 0.0244. The van der Waals surface area contributed by atoms with Crippen LogP contribution < -0.4 is 5.63 Å². The molecule has 0 radical (unpaired) electrons. The van der Waals surface area contributed by atoms with Crippen molar-refractivity contribution in [3.8, 4) is 11.1 Å². The number of rotatable bonds is 3. The standard InChI is InChI=1S/C23H23NO4/c1-15-6-3-4-8-18(15)20-13-22(25)28-21-12-16(9-10-19(20)21)23(26)24(2)17-7-5-11-27-14-17/h3-4,6,8-10,12-13,17H,5,7,11,14H2,1-2H3. The fraction of sp³-hybridized carbons (Fsp3) is 0.304. The van der Waals surface area contributed by atoms with Crippen LogP contribution in [0.4, 0.5) is 0 Å². The Morgan fingerprint density at radius 3 is 2.68 bits per heavy atom. The maximum absolute atomic E-state index is 12.9. The third kappa shape index (κ3) is 3.45. The summed E-state index contributed by atoms with van der Waals surface area (Å²) in [5, 5.41) is 0.814. The summed E-state index contributed by atoms with van der Waals surface area (Å²) in [6, 6.07) is 14.8. The third-order valence-electron chi connectivity index (χ3n) is 5.43. The first-order valence-electron chi connectivity index (χ1n) is 9.53. The van der Waals surface area contributed by atoms with Crippen LogP contribution in [-0.4, -0.2) is 37.1 Å². The van der Waals surface area contributed by atoms with Gasteiger partial charge in [0.05, 0.1) is 12.6 Å². The first kappa shape index (κ1) is 18.4. The molecule has 2 heterocycles. The van der Waals surface area contributed by atoms with Gasteiger partial charge in [0.2, 0.25) is 0 Å². The van der Waals surface area contributed by atoms with Crippen LogP contribution in [0.25, 0.3) is 22.1 Å². The summed E-state index contributed by atoms with van der Waals surface area (Å²) in [7, 11) is 1.80. The van der Waals surface area contributed by atoms with E-state index in [4.69, 9.17) is 9.15 Å². The van der Waals surface area contributed by atoms with Gasteiger partial charge in [-0.25, -0.2) is 4.79 Å². The molecule has 1 aliphatic rings. The predicted molar refractivity (Wildman–Crippen MR) is 109 cm³/mol. The van der Waals surface area contributed by atoms with Crippen LogP contribution in [0.3, 0.4) is 0 Å². The number of fused-ring (bicyclic) bond motifs is 1. The number of hydrogen-bond donors (Lipinski definition) is 0. The molecule has 1 aliphatic heterocycles. The number of ether oxygens (including phenoxy) is 1. The number of likely N-dealkylation sites (N-methyl/N-ethyl adjacent to an activating group) is 1. The Morgan fingerprint density at radius 2 is 1.93 bits per heavy atom. The summed E-state index contributed by atoms with van der Waals surface area (Å²) in [6.07, 6.45) is 1.89. The van der Waals surface area contributed by atoms with Gasteiger partial charge in [-0.2, -0.15) is 0 Å². The average molecular weight is 377 g/mol. The molecule has 1 fully saturated rings. The van der Waals surface area contributed by atoms with E-state index in [2.05, 4.69) is 0 Å². The molecule has 1 atom stereocenters. The maximum Gasteiger partial charge on any atom is 0.336 e. The zero-order chi connectivity index (χ0) is 19.7. The minimum absolute atomic E-state index is 0.0715. The molecule has 0 bridgehead atoms. The molecule has 1 aromatic heterocycles. The van der Waals surface area contributed by atoms with Crippen molar-refractivity contribution in [2.75, 3.05) is 20.3 Å². The van der Waals surface area contributed by atoms with Crippen LogP contribution >= 0.6 is 0 Å². The van der Waals surface area contributed by atoms with Gasteiger partial charge in [0, 0.05) is 36.2 Å². The summed E-state index contributed by atoms with van der Waals surface area (Å²) >= 11 is 0. The maximum atomic E-state index is 12.9. The van der Waals surface area contributed by atoms with Crippen molar-refractivity contribution < 1.29 is 13.9 Å². The van der Waals surface area contributed by atoms with Gasteiger partial charge in [0.15, 0.2) is 0 Å². The smallest absolute Gasteiger partial charge is 0.336 e. The molecule has 144 valence electrons. The van der Waals surface area contributed by atoms with Crippen LogP contribution in [-0.2, 0) is 4.74 Å². The summed E-state index contributed by atoms with van der Waals surface area (Å²) < 4.78 is 10.9. The number of hydrogen-bond acceptors (Lipinski definition) is 4. The highest BCUT2D eigenvalue weighted by atomic mass is 16.5. The molecule has 5 nitrogen and oxygen atoms in total. The zero-order valence-corrected chi connectivity index (χ0v) is 16.1. The average Bonchev–Trinajstić information content (AvgIpc) is 2.72. The SMILES string of the molecule is Cc1ccccc1-c1cc(=O)oc2cc(C(=O)N(C)C3CCCOC3)ccc12. The summed E-state index contributed by atoms with van der Waals surface area (Å²) in [6.45, 7) is 3.32. The van der Waals surface area contributed by atoms with Gasteiger partial charge in [-0.05, 0) is 49.1 Å². The Hall–Kier alpha value is -2.92. The molecule has 2 aromatic carbocycles. The minimum Gasteiger partial charge on any atom is -0.423 e. The topological polar surface area (TPSA) is 59.8 Å². The van der Waals surface area contributed by atoms with Crippen molar-refractivity contribution in [3.05, 3.63) is 70.1 Å². The Morgan fingerprint density at radius 1 is 1.11 bits per heavy atom. The van der Waals surface area contributed by atoms with Crippen LogP contribution in [0, 0.1) is 6.92 Å². The van der Waals surface area contributed by atoms with Gasteiger partial charge >= 0.3 is 5.63 Å². The molecule has 0 N–H and O–H groups in total. The van der Waals surface area contributed by atoms with Crippen molar-refractivity contribution in [1.82, 2.24) is 4.90 Å². The van der Waals surface area contributed by atoms with Crippen molar-refractivity contribution in [2.24, 2.45) is 0 Å². The summed E-state index contributed by atoms with van der Waals surface area (Å²) in [5.74, 6) is -0.0960. The monoisotopic (exact) mass is 377 g/mol. The molecule has 1 amide bonds. The van der Waals surface area contributed by atoms with E-state index in [9.17, 15) is 9.59 Å². The molecular formula is C23H23NO4. The first-order chi connectivity index (χ1) is 13.5. The van der Waals surface area contributed by atoms with Crippen LogP contribution in [0.2, 0.25) is 0 Å². The Balaban J connectivity index is 1.75. The third-order valence-corrected chi connectivity index (χ3v) is 5.43. The molecule has 1 unspecified atom stereocenters. The molecule has 4 rings (SSSR count). The molecule has 1 saturated heterocycles. The number of nitrogens with zero attached hydrogens (tertiary/aromatic N) is 1. The Labute approximate surface area is 163 Å². The quantitative estimate of drug-likeness (QED) is 0.647. The van der Waals surface area contributed by atoms with Gasteiger partial charge < -0.3 is 14.1 Å². The van der Waals surface area contributed by atoms with E-state index in [1.807, 2.05) is 37.3 Å². The molecule has 3 aromatic rings. The summed E-state index contributed by atoms with van der Waals surface area (Å²) in [5.41, 5.74) is 3.37. The van der Waals surface area contributed by atoms with Gasteiger partial charge in [0.25, 0.3) is 5.91 Å². The van der Waals surface area contributed by atoms with Crippen LogP contribution in [0.1, 0.15) is 28.8 Å².